The molecule has 1 fully saturated rings. The van der Waals surface area contributed by atoms with E-state index in [1.165, 1.54) is 0 Å². The fourth-order valence-corrected chi connectivity index (χ4v) is 3.39. The van der Waals surface area contributed by atoms with Gasteiger partial charge in [-0.2, -0.15) is 0 Å². The largest absolute Gasteiger partial charge is 0.349 e. The van der Waals surface area contributed by atoms with E-state index in [0.717, 1.165) is 29.7 Å². The van der Waals surface area contributed by atoms with E-state index in [9.17, 15) is 9.59 Å². The monoisotopic (exact) mass is 382 g/mol. The van der Waals surface area contributed by atoms with Crippen LogP contribution in [-0.4, -0.2) is 26.5 Å². The summed E-state index contributed by atoms with van der Waals surface area (Å²) < 4.78 is 1.81. The maximum atomic E-state index is 12.9. The van der Waals surface area contributed by atoms with Gasteiger partial charge < -0.3 is 9.88 Å². The van der Waals surface area contributed by atoms with Crippen molar-refractivity contribution in [3.63, 3.8) is 0 Å². The normalized spacial score (nSPS) is 13.4. The molecule has 1 aliphatic rings. The summed E-state index contributed by atoms with van der Waals surface area (Å²) in [7, 11) is 0. The quantitative estimate of drug-likeness (QED) is 0.587. The Balaban J connectivity index is 1.69. The first-order chi connectivity index (χ1) is 14.2. The van der Waals surface area contributed by atoms with Gasteiger partial charge in [-0.3, -0.25) is 14.6 Å². The van der Waals surface area contributed by atoms with Crippen molar-refractivity contribution >= 4 is 16.9 Å². The van der Waals surface area contributed by atoms with E-state index >= 15 is 0 Å². The zero-order valence-corrected chi connectivity index (χ0v) is 15.6. The van der Waals surface area contributed by atoms with Crippen LogP contribution >= 0.6 is 0 Å². The molecule has 0 saturated heterocycles. The molecule has 0 radical (unpaired) electrons. The fraction of sp³-hybridized carbons (Fsp3) is 0.130. The summed E-state index contributed by atoms with van der Waals surface area (Å²) in [4.78, 5) is 34.1. The Kier molecular flexibility index (Phi) is 4.17. The van der Waals surface area contributed by atoms with Crippen LogP contribution < -0.4 is 10.7 Å². The molecule has 0 aliphatic heterocycles. The van der Waals surface area contributed by atoms with Gasteiger partial charge in [-0.1, -0.05) is 12.1 Å². The molecule has 0 bridgehead atoms. The number of aromatic nitrogens is 3. The van der Waals surface area contributed by atoms with Gasteiger partial charge in [-0.25, -0.2) is 4.98 Å². The molecule has 1 N–H and O–H groups in total. The SMILES string of the molecule is O=C(NC1CC1)c1cn(-c2cccc(-c3ccncc3)c2)c2ncccc2c1=O. The number of pyridine rings is 3. The van der Waals surface area contributed by atoms with Gasteiger partial charge in [-0.05, 0) is 60.4 Å². The first kappa shape index (κ1) is 17.3. The second kappa shape index (κ2) is 6.98. The molecule has 0 atom stereocenters. The van der Waals surface area contributed by atoms with Crippen molar-refractivity contribution in [2.45, 2.75) is 18.9 Å². The summed E-state index contributed by atoms with van der Waals surface area (Å²) in [5.41, 5.74) is 3.22. The molecule has 0 spiro atoms. The minimum Gasteiger partial charge on any atom is -0.349 e. The van der Waals surface area contributed by atoms with Crippen LogP contribution in [0.25, 0.3) is 27.8 Å². The van der Waals surface area contributed by atoms with Crippen LogP contribution in [-0.2, 0) is 0 Å². The van der Waals surface area contributed by atoms with E-state index in [1.54, 1.807) is 36.9 Å². The highest BCUT2D eigenvalue weighted by molar-refractivity contribution is 5.97. The second-order valence-electron chi connectivity index (χ2n) is 7.15. The topological polar surface area (TPSA) is 76.9 Å². The molecule has 3 heterocycles. The Morgan fingerprint density at radius 3 is 2.62 bits per heavy atom. The Hall–Kier alpha value is -3.80. The molecular formula is C23H18N4O2. The van der Waals surface area contributed by atoms with Gasteiger partial charge in [0.05, 0.1) is 5.39 Å². The molecule has 1 aliphatic carbocycles. The number of nitrogens with zero attached hydrogens (tertiary/aromatic N) is 3. The van der Waals surface area contributed by atoms with Crippen molar-refractivity contribution in [2.75, 3.05) is 0 Å². The van der Waals surface area contributed by atoms with Crippen molar-refractivity contribution < 1.29 is 4.79 Å². The fourth-order valence-electron chi connectivity index (χ4n) is 3.39. The van der Waals surface area contributed by atoms with Crippen LogP contribution in [0, 0.1) is 0 Å². The summed E-state index contributed by atoms with van der Waals surface area (Å²) in [6.45, 7) is 0. The van der Waals surface area contributed by atoms with Gasteiger partial charge in [0.1, 0.15) is 11.2 Å². The molecule has 0 unspecified atom stereocenters. The zero-order valence-electron chi connectivity index (χ0n) is 15.6. The highest BCUT2D eigenvalue weighted by Crippen LogP contribution is 2.24. The molecule has 29 heavy (non-hydrogen) atoms. The summed E-state index contributed by atoms with van der Waals surface area (Å²) in [6.07, 6.45) is 8.67. The molecule has 6 heteroatoms. The minimum atomic E-state index is -0.331. The van der Waals surface area contributed by atoms with Gasteiger partial charge in [-0.15, -0.1) is 0 Å². The molecular weight excluding hydrogens is 364 g/mol. The number of rotatable bonds is 4. The lowest BCUT2D eigenvalue weighted by Gasteiger charge is -2.14. The maximum absolute atomic E-state index is 12.9. The van der Waals surface area contributed by atoms with Crippen LogP contribution in [0.1, 0.15) is 23.2 Å². The third-order valence-electron chi connectivity index (χ3n) is 5.06. The number of carbonyl (C=O) groups excluding carboxylic acids is 1. The van der Waals surface area contributed by atoms with E-state index in [0.29, 0.717) is 11.0 Å². The summed E-state index contributed by atoms with van der Waals surface area (Å²) in [5, 5.41) is 3.33. The molecule has 1 saturated carbocycles. The van der Waals surface area contributed by atoms with Crippen LogP contribution in [0.15, 0.2) is 78.1 Å². The number of nitrogens with one attached hydrogen (secondary N) is 1. The number of benzene rings is 1. The second-order valence-corrected chi connectivity index (χ2v) is 7.15. The van der Waals surface area contributed by atoms with Gasteiger partial charge >= 0.3 is 0 Å². The van der Waals surface area contributed by atoms with Crippen molar-refractivity contribution in [1.29, 1.82) is 0 Å². The van der Waals surface area contributed by atoms with Crippen molar-refractivity contribution in [1.82, 2.24) is 19.9 Å². The number of hydrogen-bond acceptors (Lipinski definition) is 4. The average molecular weight is 382 g/mol. The van der Waals surface area contributed by atoms with Gasteiger partial charge in [0, 0.05) is 36.5 Å². The summed E-state index contributed by atoms with van der Waals surface area (Å²) in [6, 6.07) is 15.4. The van der Waals surface area contributed by atoms with Gasteiger partial charge in [0.15, 0.2) is 0 Å². The van der Waals surface area contributed by atoms with Gasteiger partial charge in [0.2, 0.25) is 5.43 Å². The predicted molar refractivity (Wildman–Crippen MR) is 111 cm³/mol. The van der Waals surface area contributed by atoms with E-state index in [4.69, 9.17) is 0 Å². The number of amides is 1. The Labute approximate surface area is 166 Å². The van der Waals surface area contributed by atoms with Gasteiger partial charge in [0.25, 0.3) is 5.91 Å². The van der Waals surface area contributed by atoms with E-state index in [-0.39, 0.29) is 22.9 Å². The van der Waals surface area contributed by atoms with Crippen LogP contribution in [0.4, 0.5) is 0 Å². The highest BCUT2D eigenvalue weighted by Gasteiger charge is 2.26. The van der Waals surface area contributed by atoms with Crippen molar-refractivity contribution in [3.8, 4) is 16.8 Å². The minimum absolute atomic E-state index is 0.131. The van der Waals surface area contributed by atoms with E-state index in [2.05, 4.69) is 15.3 Å². The summed E-state index contributed by atoms with van der Waals surface area (Å²) >= 11 is 0. The molecule has 4 aromatic rings. The zero-order chi connectivity index (χ0) is 19.8. The van der Waals surface area contributed by atoms with Crippen LogP contribution in [0.3, 0.4) is 0 Å². The third kappa shape index (κ3) is 3.29. The number of fused-ring (bicyclic) bond motifs is 1. The molecule has 6 nitrogen and oxygen atoms in total. The Bertz CT molecular complexity index is 1280. The molecule has 142 valence electrons. The lowest BCUT2D eigenvalue weighted by Crippen LogP contribution is -2.31. The Morgan fingerprint density at radius 2 is 1.83 bits per heavy atom. The molecule has 1 aromatic carbocycles. The highest BCUT2D eigenvalue weighted by atomic mass is 16.2. The van der Waals surface area contributed by atoms with E-state index < -0.39 is 0 Å². The number of carbonyl (C=O) groups is 1. The average Bonchev–Trinajstić information content (AvgIpc) is 3.59. The lowest BCUT2D eigenvalue weighted by molar-refractivity contribution is 0.0949. The van der Waals surface area contributed by atoms with Crippen molar-refractivity contribution in [3.05, 3.63) is 89.1 Å². The predicted octanol–water partition coefficient (Wildman–Crippen LogP) is 3.34. The molecule has 5 rings (SSSR count). The van der Waals surface area contributed by atoms with Crippen molar-refractivity contribution in [2.24, 2.45) is 0 Å². The summed E-state index contributed by atoms with van der Waals surface area (Å²) in [5.74, 6) is -0.331. The molecule has 3 aromatic heterocycles. The lowest BCUT2D eigenvalue weighted by atomic mass is 10.1. The maximum Gasteiger partial charge on any atom is 0.257 e. The smallest absolute Gasteiger partial charge is 0.257 e. The first-order valence-corrected chi connectivity index (χ1v) is 9.53. The third-order valence-corrected chi connectivity index (χ3v) is 5.06. The molecule has 1 amide bonds. The van der Waals surface area contributed by atoms with E-state index in [1.807, 2.05) is 41.0 Å². The number of hydrogen-bond donors (Lipinski definition) is 1. The van der Waals surface area contributed by atoms with Crippen LogP contribution in [0.5, 0.6) is 0 Å². The standard InChI is InChI=1S/C23H18N4O2/c28-21-19-5-2-10-25-22(19)27(14-20(21)23(29)26-17-6-7-17)18-4-1-3-16(13-18)15-8-11-24-12-9-15/h1-5,8-14,17H,6-7H2,(H,26,29). The Morgan fingerprint density at radius 1 is 1.00 bits per heavy atom. The van der Waals surface area contributed by atoms with Crippen LogP contribution in [0.2, 0.25) is 0 Å². The first-order valence-electron chi connectivity index (χ1n) is 9.53.